The first-order valence-corrected chi connectivity index (χ1v) is 10.3. The van der Waals surface area contributed by atoms with Crippen LogP contribution in [0.15, 0.2) is 18.2 Å². The van der Waals surface area contributed by atoms with Crippen molar-refractivity contribution >= 4 is 29.3 Å². The van der Waals surface area contributed by atoms with Crippen LogP contribution in [-0.2, 0) is 14.3 Å². The van der Waals surface area contributed by atoms with Gasteiger partial charge in [-0.2, -0.15) is 0 Å². The third-order valence-electron chi connectivity index (χ3n) is 6.02. The van der Waals surface area contributed by atoms with Gasteiger partial charge in [-0.3, -0.25) is 29.4 Å². The van der Waals surface area contributed by atoms with E-state index in [9.17, 15) is 19.2 Å². The summed E-state index contributed by atoms with van der Waals surface area (Å²) in [7, 11) is 1.69. The summed E-state index contributed by atoms with van der Waals surface area (Å²) in [4.78, 5) is 52.5. The minimum Gasteiger partial charge on any atom is -0.383 e. The van der Waals surface area contributed by atoms with E-state index in [0.717, 1.165) is 43.1 Å². The number of nitrogens with one attached hydrogen (secondary N) is 2. The number of fused-ring (bicyclic) bond motifs is 1. The summed E-state index contributed by atoms with van der Waals surface area (Å²) in [6.45, 7) is 3.21. The van der Waals surface area contributed by atoms with Crippen molar-refractivity contribution in [2.24, 2.45) is 0 Å². The number of benzene rings is 1. The molecule has 2 fully saturated rings. The number of methoxy groups -OCH3 is 1. The zero-order chi connectivity index (χ0) is 21.3. The van der Waals surface area contributed by atoms with Gasteiger partial charge in [-0.25, -0.2) is 0 Å². The van der Waals surface area contributed by atoms with Gasteiger partial charge in [0.2, 0.25) is 11.8 Å². The van der Waals surface area contributed by atoms with Crippen molar-refractivity contribution in [3.8, 4) is 0 Å². The van der Waals surface area contributed by atoms with E-state index in [-0.39, 0.29) is 18.7 Å². The number of carbonyl (C=O) groups excluding carboxylic acids is 4. The topological polar surface area (TPSA) is 108 Å². The molecule has 30 heavy (non-hydrogen) atoms. The van der Waals surface area contributed by atoms with E-state index in [4.69, 9.17) is 4.74 Å². The van der Waals surface area contributed by atoms with Crippen molar-refractivity contribution < 1.29 is 23.9 Å². The van der Waals surface area contributed by atoms with Crippen LogP contribution in [-0.4, -0.2) is 74.0 Å². The summed E-state index contributed by atoms with van der Waals surface area (Å²) in [5.74, 6) is -1.92. The van der Waals surface area contributed by atoms with Crippen LogP contribution in [0.25, 0.3) is 0 Å². The maximum absolute atomic E-state index is 13.0. The first-order valence-electron chi connectivity index (χ1n) is 10.3. The van der Waals surface area contributed by atoms with E-state index in [1.54, 1.807) is 19.2 Å². The van der Waals surface area contributed by atoms with Gasteiger partial charge in [-0.05, 0) is 37.5 Å². The fourth-order valence-electron chi connectivity index (χ4n) is 4.36. The molecule has 160 valence electrons. The molecule has 1 atom stereocenters. The zero-order valence-electron chi connectivity index (χ0n) is 17.0. The Hall–Kier alpha value is -2.78. The van der Waals surface area contributed by atoms with Crippen LogP contribution in [0, 0.1) is 0 Å². The second-order valence-electron chi connectivity index (χ2n) is 7.89. The third kappa shape index (κ3) is 3.82. The number of rotatable bonds is 6. The second kappa shape index (κ2) is 8.53. The maximum Gasteiger partial charge on any atom is 0.262 e. The molecule has 2 N–H and O–H groups in total. The van der Waals surface area contributed by atoms with Crippen LogP contribution < -0.4 is 15.5 Å². The van der Waals surface area contributed by atoms with Crippen molar-refractivity contribution in [2.45, 2.75) is 37.8 Å². The molecular weight excluding hydrogens is 388 g/mol. The Labute approximate surface area is 174 Å². The van der Waals surface area contributed by atoms with Crippen LogP contribution in [0.1, 0.15) is 46.4 Å². The average Bonchev–Trinajstić information content (AvgIpc) is 2.99. The van der Waals surface area contributed by atoms with Crippen molar-refractivity contribution in [1.82, 2.24) is 15.5 Å². The summed E-state index contributed by atoms with van der Waals surface area (Å²) in [5, 5.41) is 5.69. The summed E-state index contributed by atoms with van der Waals surface area (Å²) in [6.07, 6.45) is 2.24. The molecule has 0 spiro atoms. The first kappa shape index (κ1) is 20.5. The SMILES string of the molecule is COCCNC1CCN(c2ccc3c(c2)C(=O)N(C2CCC(=O)NC2=O)C3=O)CC1. The highest BCUT2D eigenvalue weighted by Gasteiger charge is 2.44. The van der Waals surface area contributed by atoms with Crippen LogP contribution in [0.5, 0.6) is 0 Å². The normalized spacial score (nSPS) is 22.5. The largest absolute Gasteiger partial charge is 0.383 e. The Kier molecular flexibility index (Phi) is 5.83. The van der Waals surface area contributed by atoms with E-state index >= 15 is 0 Å². The first-order chi connectivity index (χ1) is 14.5. The third-order valence-corrected chi connectivity index (χ3v) is 6.02. The van der Waals surface area contributed by atoms with Gasteiger partial charge in [0.15, 0.2) is 0 Å². The number of amides is 4. The number of imide groups is 2. The van der Waals surface area contributed by atoms with Crippen molar-refractivity contribution in [1.29, 1.82) is 0 Å². The van der Waals surface area contributed by atoms with Crippen molar-refractivity contribution in [2.75, 3.05) is 38.3 Å². The maximum atomic E-state index is 13.0. The average molecular weight is 414 g/mol. The lowest BCUT2D eigenvalue weighted by molar-refractivity contribution is -0.136. The molecule has 0 aliphatic carbocycles. The second-order valence-corrected chi connectivity index (χ2v) is 7.89. The molecule has 0 bridgehead atoms. The standard InChI is InChI=1S/C21H26N4O5/c1-30-11-8-22-13-6-9-24(10-7-13)14-2-3-15-16(12-14)21(29)25(20(15)28)17-4-5-18(26)23-19(17)27/h2-3,12-13,17,22H,4-11H2,1H3,(H,23,26,27). The molecule has 3 aliphatic rings. The molecule has 0 saturated carbocycles. The predicted molar refractivity (Wildman–Crippen MR) is 108 cm³/mol. The zero-order valence-corrected chi connectivity index (χ0v) is 17.0. The van der Waals surface area contributed by atoms with E-state index in [1.807, 2.05) is 6.07 Å². The highest BCUT2D eigenvalue weighted by Crippen LogP contribution is 2.31. The molecule has 3 heterocycles. The number of nitrogens with zero attached hydrogens (tertiary/aromatic N) is 2. The minimum absolute atomic E-state index is 0.114. The summed E-state index contributed by atoms with van der Waals surface area (Å²) < 4.78 is 5.07. The Bertz CT molecular complexity index is 878. The predicted octanol–water partition coefficient (Wildman–Crippen LogP) is 0.293. The van der Waals surface area contributed by atoms with Gasteiger partial charge in [0.25, 0.3) is 11.8 Å². The van der Waals surface area contributed by atoms with Gasteiger partial charge < -0.3 is 15.0 Å². The Morgan fingerprint density at radius 3 is 2.50 bits per heavy atom. The quantitative estimate of drug-likeness (QED) is 0.509. The fourth-order valence-corrected chi connectivity index (χ4v) is 4.36. The van der Waals surface area contributed by atoms with Crippen molar-refractivity contribution in [3.05, 3.63) is 29.3 Å². The number of ether oxygens (including phenoxy) is 1. The highest BCUT2D eigenvalue weighted by atomic mass is 16.5. The lowest BCUT2D eigenvalue weighted by atomic mass is 10.0. The Morgan fingerprint density at radius 2 is 1.80 bits per heavy atom. The van der Waals surface area contributed by atoms with E-state index in [0.29, 0.717) is 23.8 Å². The number of hydrogen-bond donors (Lipinski definition) is 2. The molecule has 0 radical (unpaired) electrons. The van der Waals surface area contributed by atoms with E-state index in [2.05, 4.69) is 15.5 Å². The lowest BCUT2D eigenvalue weighted by Crippen LogP contribution is -2.54. The lowest BCUT2D eigenvalue weighted by Gasteiger charge is -2.34. The van der Waals surface area contributed by atoms with Crippen molar-refractivity contribution in [3.63, 3.8) is 0 Å². The van der Waals surface area contributed by atoms with Crippen LogP contribution >= 0.6 is 0 Å². The fraction of sp³-hybridized carbons (Fsp3) is 0.524. The number of hydrogen-bond acceptors (Lipinski definition) is 7. The van der Waals surface area contributed by atoms with Gasteiger partial charge >= 0.3 is 0 Å². The molecule has 3 aliphatic heterocycles. The van der Waals surface area contributed by atoms with Crippen LogP contribution in [0.4, 0.5) is 5.69 Å². The molecule has 9 nitrogen and oxygen atoms in total. The minimum atomic E-state index is -0.938. The Balaban J connectivity index is 1.45. The Morgan fingerprint density at radius 1 is 1.07 bits per heavy atom. The molecule has 2 saturated heterocycles. The molecule has 4 rings (SSSR count). The van der Waals surface area contributed by atoms with E-state index in [1.165, 1.54) is 0 Å². The van der Waals surface area contributed by atoms with Gasteiger partial charge in [0.05, 0.1) is 17.7 Å². The monoisotopic (exact) mass is 414 g/mol. The van der Waals surface area contributed by atoms with Gasteiger partial charge in [-0.1, -0.05) is 0 Å². The molecule has 4 amide bonds. The molecule has 1 unspecified atom stereocenters. The van der Waals surface area contributed by atoms with Crippen LogP contribution in [0.3, 0.4) is 0 Å². The summed E-state index contributed by atoms with van der Waals surface area (Å²) >= 11 is 0. The van der Waals surface area contributed by atoms with Crippen LogP contribution in [0.2, 0.25) is 0 Å². The molecule has 0 aromatic heterocycles. The molecule has 1 aromatic rings. The molecule has 1 aromatic carbocycles. The number of anilines is 1. The number of piperidine rings is 2. The van der Waals surface area contributed by atoms with E-state index < -0.39 is 23.8 Å². The van der Waals surface area contributed by atoms with Gasteiger partial charge in [0.1, 0.15) is 6.04 Å². The summed E-state index contributed by atoms with van der Waals surface area (Å²) in [5.41, 5.74) is 1.53. The highest BCUT2D eigenvalue weighted by molar-refractivity contribution is 6.23. The summed E-state index contributed by atoms with van der Waals surface area (Å²) in [6, 6.07) is 4.78. The number of carbonyl (C=O) groups is 4. The van der Waals surface area contributed by atoms with Gasteiger partial charge in [-0.15, -0.1) is 0 Å². The molecular formula is C21H26N4O5. The smallest absolute Gasteiger partial charge is 0.262 e. The molecule has 9 heteroatoms. The van der Waals surface area contributed by atoms with Gasteiger partial charge in [0, 0.05) is 44.9 Å².